The SMILES string of the molecule is CC(C)N(CCCCCl)C(C)C.Cl. The minimum atomic E-state index is 0. The van der Waals surface area contributed by atoms with Crippen molar-refractivity contribution >= 4 is 24.0 Å². The van der Waals surface area contributed by atoms with Crippen molar-refractivity contribution in [1.82, 2.24) is 4.90 Å². The molecule has 1 nitrogen and oxygen atoms in total. The third-order valence-electron chi connectivity index (χ3n) is 2.13. The van der Waals surface area contributed by atoms with Crippen LogP contribution in [0, 0.1) is 0 Å². The summed E-state index contributed by atoms with van der Waals surface area (Å²) in [6.45, 7) is 10.2. The maximum absolute atomic E-state index is 5.63. The molecule has 0 N–H and O–H groups in total. The Balaban J connectivity index is 0. The number of nitrogens with zero attached hydrogens (tertiary/aromatic N) is 1. The summed E-state index contributed by atoms with van der Waals surface area (Å²) in [6.07, 6.45) is 2.36. The molecule has 0 fully saturated rings. The standard InChI is InChI=1S/C10H22ClN.ClH/c1-9(2)12(10(3)4)8-6-5-7-11;/h9-10H,5-8H2,1-4H3;1H. The number of unbranched alkanes of at least 4 members (excludes halogenated alkanes) is 1. The van der Waals surface area contributed by atoms with Crippen LogP contribution in [0.2, 0.25) is 0 Å². The molecule has 0 aliphatic rings. The van der Waals surface area contributed by atoms with E-state index in [0.29, 0.717) is 12.1 Å². The predicted octanol–water partition coefficient (Wildman–Crippen LogP) is 3.55. The Morgan fingerprint density at radius 3 is 1.77 bits per heavy atom. The van der Waals surface area contributed by atoms with Gasteiger partial charge in [-0.2, -0.15) is 0 Å². The van der Waals surface area contributed by atoms with Gasteiger partial charge in [-0.3, -0.25) is 4.90 Å². The first-order chi connectivity index (χ1) is 5.59. The normalized spacial score (nSPS) is 11.1. The minimum absolute atomic E-state index is 0. The molecule has 0 aliphatic heterocycles. The van der Waals surface area contributed by atoms with E-state index in [0.717, 1.165) is 12.3 Å². The first-order valence-electron chi connectivity index (χ1n) is 4.91. The molecule has 0 unspecified atom stereocenters. The van der Waals surface area contributed by atoms with E-state index >= 15 is 0 Å². The number of hydrogen-bond acceptors (Lipinski definition) is 1. The van der Waals surface area contributed by atoms with E-state index in [2.05, 4.69) is 32.6 Å². The van der Waals surface area contributed by atoms with Crippen molar-refractivity contribution in [1.29, 1.82) is 0 Å². The molecule has 0 aromatic carbocycles. The first-order valence-corrected chi connectivity index (χ1v) is 5.44. The fourth-order valence-electron chi connectivity index (χ4n) is 1.50. The lowest BCUT2D eigenvalue weighted by molar-refractivity contribution is 0.172. The van der Waals surface area contributed by atoms with Crippen LogP contribution in [0.4, 0.5) is 0 Å². The summed E-state index contributed by atoms with van der Waals surface area (Å²) in [5, 5.41) is 0. The lowest BCUT2D eigenvalue weighted by Gasteiger charge is -2.30. The van der Waals surface area contributed by atoms with Crippen LogP contribution in [0.25, 0.3) is 0 Å². The molecule has 0 heterocycles. The highest BCUT2D eigenvalue weighted by atomic mass is 35.5. The van der Waals surface area contributed by atoms with Gasteiger partial charge in [-0.1, -0.05) is 0 Å². The maximum atomic E-state index is 5.63. The Kier molecular flexibility index (Phi) is 11.2. The molecular weight excluding hydrogens is 205 g/mol. The van der Waals surface area contributed by atoms with E-state index in [1.165, 1.54) is 13.0 Å². The van der Waals surface area contributed by atoms with Crippen LogP contribution in [0.1, 0.15) is 40.5 Å². The van der Waals surface area contributed by atoms with Crippen LogP contribution in [0.15, 0.2) is 0 Å². The van der Waals surface area contributed by atoms with Crippen molar-refractivity contribution in [2.45, 2.75) is 52.6 Å². The molecule has 0 aromatic rings. The third kappa shape index (κ3) is 7.60. The smallest absolute Gasteiger partial charge is 0.0223 e. The second-order valence-corrected chi connectivity index (χ2v) is 4.20. The van der Waals surface area contributed by atoms with Crippen molar-refractivity contribution < 1.29 is 0 Å². The highest BCUT2D eigenvalue weighted by Crippen LogP contribution is 2.06. The topological polar surface area (TPSA) is 3.24 Å². The van der Waals surface area contributed by atoms with Gasteiger partial charge >= 0.3 is 0 Å². The Morgan fingerprint density at radius 1 is 1.00 bits per heavy atom. The number of halogens is 2. The van der Waals surface area contributed by atoms with Gasteiger partial charge in [0.15, 0.2) is 0 Å². The molecular formula is C10H23Cl2N. The average molecular weight is 228 g/mol. The van der Waals surface area contributed by atoms with Crippen molar-refractivity contribution in [3.8, 4) is 0 Å². The summed E-state index contributed by atoms with van der Waals surface area (Å²) in [5.41, 5.74) is 0. The van der Waals surface area contributed by atoms with Crippen LogP contribution in [-0.4, -0.2) is 29.4 Å². The molecule has 0 atom stereocenters. The molecule has 0 radical (unpaired) electrons. The van der Waals surface area contributed by atoms with Crippen molar-refractivity contribution in [2.75, 3.05) is 12.4 Å². The summed E-state index contributed by atoms with van der Waals surface area (Å²) in [6, 6.07) is 1.31. The van der Waals surface area contributed by atoms with Crippen molar-refractivity contribution in [3.05, 3.63) is 0 Å². The van der Waals surface area contributed by atoms with Crippen LogP contribution in [-0.2, 0) is 0 Å². The molecule has 0 aliphatic carbocycles. The summed E-state index contributed by atoms with van der Waals surface area (Å²) in [5.74, 6) is 0.796. The quantitative estimate of drug-likeness (QED) is 0.496. The zero-order valence-electron chi connectivity index (χ0n) is 9.22. The van der Waals surface area contributed by atoms with Gasteiger partial charge in [0.2, 0.25) is 0 Å². The monoisotopic (exact) mass is 227 g/mol. The van der Waals surface area contributed by atoms with E-state index in [-0.39, 0.29) is 12.4 Å². The Hall–Kier alpha value is 0.540. The van der Waals surface area contributed by atoms with E-state index in [1.807, 2.05) is 0 Å². The number of rotatable bonds is 6. The van der Waals surface area contributed by atoms with Gasteiger partial charge in [-0.15, -0.1) is 24.0 Å². The highest BCUT2D eigenvalue weighted by Gasteiger charge is 2.11. The second-order valence-electron chi connectivity index (χ2n) is 3.82. The number of hydrogen-bond donors (Lipinski definition) is 0. The van der Waals surface area contributed by atoms with Crippen LogP contribution >= 0.6 is 24.0 Å². The maximum Gasteiger partial charge on any atom is 0.0223 e. The second kappa shape index (κ2) is 9.11. The third-order valence-corrected chi connectivity index (χ3v) is 2.39. The fraction of sp³-hybridized carbons (Fsp3) is 1.00. The molecule has 0 aromatic heterocycles. The van der Waals surface area contributed by atoms with Crippen molar-refractivity contribution in [3.63, 3.8) is 0 Å². The zero-order valence-corrected chi connectivity index (χ0v) is 10.8. The molecule has 13 heavy (non-hydrogen) atoms. The Bertz CT molecular complexity index is 97.1. The Morgan fingerprint density at radius 2 is 1.46 bits per heavy atom. The molecule has 0 spiro atoms. The van der Waals surface area contributed by atoms with Crippen LogP contribution in [0.3, 0.4) is 0 Å². The fourth-order valence-corrected chi connectivity index (χ4v) is 1.69. The lowest BCUT2D eigenvalue weighted by atomic mass is 10.2. The molecule has 0 amide bonds. The molecule has 3 heteroatoms. The van der Waals surface area contributed by atoms with E-state index in [1.54, 1.807) is 0 Å². The number of alkyl halides is 1. The van der Waals surface area contributed by atoms with Gasteiger partial charge in [0.25, 0.3) is 0 Å². The van der Waals surface area contributed by atoms with Gasteiger partial charge < -0.3 is 0 Å². The Labute approximate surface area is 94.2 Å². The van der Waals surface area contributed by atoms with E-state index in [9.17, 15) is 0 Å². The van der Waals surface area contributed by atoms with Gasteiger partial charge in [0, 0.05) is 18.0 Å². The van der Waals surface area contributed by atoms with Gasteiger partial charge in [0.05, 0.1) is 0 Å². The molecule has 82 valence electrons. The largest absolute Gasteiger partial charge is 0.299 e. The van der Waals surface area contributed by atoms with Gasteiger partial charge in [0.1, 0.15) is 0 Å². The summed E-state index contributed by atoms with van der Waals surface area (Å²) < 4.78 is 0. The summed E-state index contributed by atoms with van der Waals surface area (Å²) in [7, 11) is 0. The lowest BCUT2D eigenvalue weighted by Crippen LogP contribution is -2.37. The highest BCUT2D eigenvalue weighted by molar-refractivity contribution is 6.17. The minimum Gasteiger partial charge on any atom is -0.299 e. The van der Waals surface area contributed by atoms with Gasteiger partial charge in [-0.25, -0.2) is 0 Å². The summed E-state index contributed by atoms with van der Waals surface area (Å²) >= 11 is 5.63. The molecule has 0 rings (SSSR count). The molecule has 0 saturated carbocycles. The predicted molar refractivity (Wildman–Crippen MR) is 64.2 cm³/mol. The zero-order chi connectivity index (χ0) is 9.56. The van der Waals surface area contributed by atoms with E-state index < -0.39 is 0 Å². The van der Waals surface area contributed by atoms with Crippen LogP contribution < -0.4 is 0 Å². The summed E-state index contributed by atoms with van der Waals surface area (Å²) in [4.78, 5) is 2.51. The van der Waals surface area contributed by atoms with Crippen molar-refractivity contribution in [2.24, 2.45) is 0 Å². The van der Waals surface area contributed by atoms with E-state index in [4.69, 9.17) is 11.6 Å². The first kappa shape index (κ1) is 16.0. The average Bonchev–Trinajstić information content (AvgIpc) is 1.96. The van der Waals surface area contributed by atoms with Crippen LogP contribution in [0.5, 0.6) is 0 Å². The van der Waals surface area contributed by atoms with Gasteiger partial charge in [-0.05, 0) is 47.1 Å². The molecule has 0 saturated heterocycles. The molecule has 0 bridgehead atoms.